The molecule has 0 aliphatic carbocycles. The molecule has 10 heteroatoms. The van der Waals surface area contributed by atoms with Gasteiger partial charge in [-0.25, -0.2) is 17.8 Å². The zero-order valence-electron chi connectivity index (χ0n) is 14.4. The van der Waals surface area contributed by atoms with Gasteiger partial charge in [-0.05, 0) is 48.5 Å². The van der Waals surface area contributed by atoms with Crippen LogP contribution >= 0.6 is 11.6 Å². The molecule has 0 aliphatic heterocycles. The Balaban J connectivity index is 1.92. The summed E-state index contributed by atoms with van der Waals surface area (Å²) in [5, 5.41) is 18.9. The van der Waals surface area contributed by atoms with Crippen molar-refractivity contribution >= 4 is 27.4 Å². The summed E-state index contributed by atoms with van der Waals surface area (Å²) in [6.45, 7) is 0. The number of nitrogens with zero attached hydrogens (tertiary/aromatic N) is 3. The first-order valence-corrected chi connectivity index (χ1v) is 9.74. The van der Waals surface area contributed by atoms with Gasteiger partial charge < -0.3 is 4.74 Å². The SMILES string of the molecule is N#Cc1cc(Cl)ccc1Oc1ccc(S(=O)(=O)Nc2ccc(F)cn2)cc1C#N. The summed E-state index contributed by atoms with van der Waals surface area (Å²) < 4.78 is 45.7. The second-order valence-electron chi connectivity index (χ2n) is 5.59. The highest BCUT2D eigenvalue weighted by molar-refractivity contribution is 7.92. The van der Waals surface area contributed by atoms with Crippen LogP contribution in [0.15, 0.2) is 59.6 Å². The number of ether oxygens (including phenoxy) is 1. The lowest BCUT2D eigenvalue weighted by Gasteiger charge is -2.11. The molecule has 1 aromatic heterocycles. The third kappa shape index (κ3) is 4.61. The van der Waals surface area contributed by atoms with E-state index in [0.717, 1.165) is 18.3 Å². The van der Waals surface area contributed by atoms with Crippen LogP contribution in [0.3, 0.4) is 0 Å². The second-order valence-corrected chi connectivity index (χ2v) is 7.71. The van der Waals surface area contributed by atoms with Crippen LogP contribution in [-0.4, -0.2) is 13.4 Å². The fraction of sp³-hybridized carbons (Fsp3) is 0. The highest BCUT2D eigenvalue weighted by Crippen LogP contribution is 2.31. The summed E-state index contributed by atoms with van der Waals surface area (Å²) in [4.78, 5) is 3.42. The minimum absolute atomic E-state index is 0.0604. The molecule has 3 rings (SSSR count). The number of hydrogen-bond acceptors (Lipinski definition) is 6. The van der Waals surface area contributed by atoms with Gasteiger partial charge in [0.2, 0.25) is 0 Å². The molecule has 144 valence electrons. The summed E-state index contributed by atoms with van der Waals surface area (Å²) in [5.74, 6) is -0.465. The zero-order chi connectivity index (χ0) is 21.0. The highest BCUT2D eigenvalue weighted by Gasteiger charge is 2.18. The van der Waals surface area contributed by atoms with Crippen LogP contribution in [0.2, 0.25) is 5.02 Å². The van der Waals surface area contributed by atoms with Crippen molar-refractivity contribution in [2.75, 3.05) is 4.72 Å². The number of benzene rings is 2. The molecule has 0 fully saturated rings. The van der Waals surface area contributed by atoms with E-state index in [1.54, 1.807) is 0 Å². The molecule has 7 nitrogen and oxygen atoms in total. The monoisotopic (exact) mass is 428 g/mol. The molecule has 0 saturated heterocycles. The van der Waals surface area contributed by atoms with Crippen LogP contribution in [0.25, 0.3) is 0 Å². The molecule has 2 aromatic carbocycles. The lowest BCUT2D eigenvalue weighted by Crippen LogP contribution is -2.14. The Bertz CT molecular complexity index is 1270. The molecule has 0 radical (unpaired) electrons. The molecule has 0 aliphatic rings. The highest BCUT2D eigenvalue weighted by atomic mass is 35.5. The number of rotatable bonds is 5. The van der Waals surface area contributed by atoms with Crippen molar-refractivity contribution in [1.29, 1.82) is 10.5 Å². The second kappa shape index (κ2) is 8.15. The van der Waals surface area contributed by atoms with E-state index in [9.17, 15) is 23.3 Å². The largest absolute Gasteiger partial charge is 0.455 e. The Morgan fingerprint density at radius 2 is 1.66 bits per heavy atom. The summed E-state index contributed by atoms with van der Waals surface area (Å²) in [5.41, 5.74) is 0.0842. The Labute approximate surface area is 170 Å². The maximum Gasteiger partial charge on any atom is 0.263 e. The summed E-state index contributed by atoms with van der Waals surface area (Å²) in [6, 6.07) is 14.0. The average Bonchev–Trinajstić information content (AvgIpc) is 2.71. The van der Waals surface area contributed by atoms with Gasteiger partial charge in [-0.15, -0.1) is 0 Å². The standard InChI is InChI=1S/C19H10ClFN4O3S/c20-14-1-4-17(12(7-14)9-22)28-18-5-3-16(8-13(18)10-23)29(26,27)25-19-6-2-15(21)11-24-19/h1-8,11H,(H,24,25). The maximum atomic E-state index is 12.9. The first kappa shape index (κ1) is 20.1. The van der Waals surface area contributed by atoms with Gasteiger partial charge in [0.25, 0.3) is 10.0 Å². The van der Waals surface area contributed by atoms with E-state index >= 15 is 0 Å². The van der Waals surface area contributed by atoms with Gasteiger partial charge in [0.15, 0.2) is 0 Å². The van der Waals surface area contributed by atoms with Crippen molar-refractivity contribution in [2.45, 2.75) is 4.90 Å². The smallest absolute Gasteiger partial charge is 0.263 e. The predicted octanol–water partition coefficient (Wildman–Crippen LogP) is 4.21. The molecule has 0 spiro atoms. The normalized spacial score (nSPS) is 10.6. The molecule has 1 heterocycles. The van der Waals surface area contributed by atoms with Gasteiger partial charge in [0.05, 0.1) is 22.2 Å². The van der Waals surface area contributed by atoms with Crippen molar-refractivity contribution in [2.24, 2.45) is 0 Å². The summed E-state index contributed by atoms with van der Waals surface area (Å²) >= 11 is 5.84. The predicted molar refractivity (Wildman–Crippen MR) is 102 cm³/mol. The first-order chi connectivity index (χ1) is 13.8. The Hall–Kier alpha value is -3.66. The molecule has 0 amide bonds. The van der Waals surface area contributed by atoms with Crippen molar-refractivity contribution in [3.05, 3.63) is 76.7 Å². The number of halogens is 2. The van der Waals surface area contributed by atoms with E-state index in [4.69, 9.17) is 16.3 Å². The number of hydrogen-bond donors (Lipinski definition) is 1. The van der Waals surface area contributed by atoms with Crippen molar-refractivity contribution in [3.63, 3.8) is 0 Å². The number of sulfonamides is 1. The number of aromatic nitrogens is 1. The lowest BCUT2D eigenvalue weighted by atomic mass is 10.2. The minimum Gasteiger partial charge on any atom is -0.455 e. The zero-order valence-corrected chi connectivity index (χ0v) is 16.0. The van der Waals surface area contributed by atoms with Gasteiger partial charge in [0, 0.05) is 5.02 Å². The molecule has 0 atom stereocenters. The van der Waals surface area contributed by atoms with E-state index in [2.05, 4.69) is 9.71 Å². The number of nitrogens with one attached hydrogen (secondary N) is 1. The third-order valence-corrected chi connectivity index (χ3v) is 5.22. The van der Waals surface area contributed by atoms with Gasteiger partial charge in [-0.3, -0.25) is 4.72 Å². The van der Waals surface area contributed by atoms with E-state index < -0.39 is 15.8 Å². The molecule has 0 bridgehead atoms. The summed E-state index contributed by atoms with van der Waals surface area (Å²) in [6.07, 6.45) is 0.869. The van der Waals surface area contributed by atoms with Gasteiger partial charge in [-0.1, -0.05) is 11.6 Å². The van der Waals surface area contributed by atoms with E-state index in [1.807, 2.05) is 12.1 Å². The third-order valence-electron chi connectivity index (χ3n) is 3.63. The van der Waals surface area contributed by atoms with Crippen LogP contribution in [0.5, 0.6) is 11.5 Å². The molecule has 0 saturated carbocycles. The van der Waals surface area contributed by atoms with Crippen molar-refractivity contribution < 1.29 is 17.5 Å². The maximum absolute atomic E-state index is 12.9. The Morgan fingerprint density at radius 1 is 1.00 bits per heavy atom. The number of pyridine rings is 1. The topological polar surface area (TPSA) is 116 Å². The van der Waals surface area contributed by atoms with Gasteiger partial charge in [-0.2, -0.15) is 10.5 Å². The Morgan fingerprint density at radius 3 is 2.28 bits per heavy atom. The quantitative estimate of drug-likeness (QED) is 0.650. The van der Waals surface area contributed by atoms with E-state index in [0.29, 0.717) is 5.02 Å². The molecule has 3 aromatic rings. The average molecular weight is 429 g/mol. The van der Waals surface area contributed by atoms with Crippen LogP contribution < -0.4 is 9.46 Å². The van der Waals surface area contributed by atoms with Gasteiger partial charge >= 0.3 is 0 Å². The van der Waals surface area contributed by atoms with Crippen molar-refractivity contribution in [1.82, 2.24) is 4.98 Å². The van der Waals surface area contributed by atoms with E-state index in [1.165, 1.54) is 36.4 Å². The van der Waals surface area contributed by atoms with Crippen LogP contribution in [0.1, 0.15) is 11.1 Å². The molecular weight excluding hydrogens is 419 g/mol. The minimum atomic E-state index is -4.08. The van der Waals surface area contributed by atoms with Crippen LogP contribution in [0, 0.1) is 28.5 Å². The fourth-order valence-corrected chi connectivity index (χ4v) is 3.49. The van der Waals surface area contributed by atoms with Gasteiger partial charge in [0.1, 0.15) is 35.3 Å². The number of anilines is 1. The lowest BCUT2D eigenvalue weighted by molar-refractivity contribution is 0.479. The molecule has 29 heavy (non-hydrogen) atoms. The first-order valence-electron chi connectivity index (χ1n) is 7.88. The molecular formula is C19H10ClFN4O3S. The van der Waals surface area contributed by atoms with Crippen LogP contribution in [-0.2, 0) is 10.0 Å². The van der Waals surface area contributed by atoms with E-state index in [-0.39, 0.29) is 33.3 Å². The molecule has 1 N–H and O–H groups in total. The molecule has 0 unspecified atom stereocenters. The fourth-order valence-electron chi connectivity index (χ4n) is 2.28. The number of nitriles is 2. The summed E-state index contributed by atoms with van der Waals surface area (Å²) in [7, 11) is -4.08. The van der Waals surface area contributed by atoms with Crippen molar-refractivity contribution in [3.8, 4) is 23.6 Å². The Kier molecular flexibility index (Phi) is 5.64. The van der Waals surface area contributed by atoms with Crippen LogP contribution in [0.4, 0.5) is 10.2 Å².